The fourth-order valence-electron chi connectivity index (χ4n) is 3.47. The zero-order valence-electron chi connectivity index (χ0n) is 17.7. The van der Waals surface area contributed by atoms with Gasteiger partial charge < -0.3 is 9.47 Å². The predicted molar refractivity (Wildman–Crippen MR) is 120 cm³/mol. The van der Waals surface area contributed by atoms with Crippen molar-refractivity contribution in [2.75, 3.05) is 17.3 Å². The van der Waals surface area contributed by atoms with Crippen molar-refractivity contribution in [3.8, 4) is 22.9 Å². The van der Waals surface area contributed by atoms with Gasteiger partial charge in [-0.15, -0.1) is 10.2 Å². The van der Waals surface area contributed by atoms with Crippen molar-refractivity contribution in [1.82, 2.24) is 15.2 Å². The van der Waals surface area contributed by atoms with Gasteiger partial charge in [-0.2, -0.15) is 4.98 Å². The van der Waals surface area contributed by atoms with Gasteiger partial charge in [0.1, 0.15) is 5.75 Å². The van der Waals surface area contributed by atoms with Gasteiger partial charge in [-0.3, -0.25) is 9.69 Å². The van der Waals surface area contributed by atoms with Gasteiger partial charge in [0.15, 0.2) is 5.69 Å². The van der Waals surface area contributed by atoms with Gasteiger partial charge in [0.2, 0.25) is 23.2 Å². The van der Waals surface area contributed by atoms with Crippen LogP contribution in [0.1, 0.15) is 39.0 Å². The molecular weight excluding hydrogens is 412 g/mol. The van der Waals surface area contributed by atoms with Gasteiger partial charge in [-0.25, -0.2) is 0 Å². The molecule has 31 heavy (non-hydrogen) atoms. The van der Waals surface area contributed by atoms with Crippen LogP contribution in [0.2, 0.25) is 0 Å². The van der Waals surface area contributed by atoms with Crippen LogP contribution in [0.25, 0.3) is 11.3 Å². The number of thioether (sulfide) groups is 1. The summed E-state index contributed by atoms with van der Waals surface area (Å²) in [5.41, 5.74) is 2.69. The Morgan fingerprint density at radius 3 is 2.68 bits per heavy atom. The van der Waals surface area contributed by atoms with Crippen LogP contribution in [-0.2, 0) is 4.79 Å². The number of amides is 1. The SMILES string of the molecule is CCCOc1ccccc1[C@H]1Oc2nc(SCC)nnc2-c2ccccc2N1C(C)=O. The van der Waals surface area contributed by atoms with Gasteiger partial charge in [-0.05, 0) is 30.4 Å². The van der Waals surface area contributed by atoms with E-state index in [1.54, 1.807) is 4.90 Å². The van der Waals surface area contributed by atoms with E-state index in [0.717, 1.165) is 23.3 Å². The molecule has 4 rings (SSSR count). The summed E-state index contributed by atoms with van der Waals surface area (Å²) in [5, 5.41) is 9.18. The summed E-state index contributed by atoms with van der Waals surface area (Å²) in [6, 6.07) is 15.2. The standard InChI is InChI=1S/C23H24N4O3S/c1-4-14-29-19-13-9-7-11-17(19)22-27(15(3)28)18-12-8-6-10-16(18)20-21(30-22)24-23(26-25-20)31-5-2/h6-13,22H,4-5,14H2,1-3H3/t22-/m1/s1. The van der Waals surface area contributed by atoms with E-state index >= 15 is 0 Å². The van der Waals surface area contributed by atoms with E-state index in [0.29, 0.717) is 34.8 Å². The number of rotatable bonds is 6. The maximum atomic E-state index is 12.9. The number of benzene rings is 2. The quantitative estimate of drug-likeness (QED) is 0.510. The number of nitrogens with zero attached hydrogens (tertiary/aromatic N) is 4. The summed E-state index contributed by atoms with van der Waals surface area (Å²) >= 11 is 1.48. The summed E-state index contributed by atoms with van der Waals surface area (Å²) in [7, 11) is 0. The Morgan fingerprint density at radius 2 is 1.90 bits per heavy atom. The second-order valence-electron chi connectivity index (χ2n) is 6.94. The topological polar surface area (TPSA) is 77.4 Å². The molecule has 160 valence electrons. The first-order valence-corrected chi connectivity index (χ1v) is 11.3. The normalized spacial score (nSPS) is 14.8. The van der Waals surface area contributed by atoms with Crippen LogP contribution in [0.15, 0.2) is 53.7 Å². The maximum absolute atomic E-state index is 12.9. The van der Waals surface area contributed by atoms with Crippen molar-refractivity contribution in [2.45, 2.75) is 38.6 Å². The summed E-state index contributed by atoms with van der Waals surface area (Å²) < 4.78 is 12.4. The largest absolute Gasteiger partial charge is 0.493 e. The summed E-state index contributed by atoms with van der Waals surface area (Å²) in [5.74, 6) is 1.67. The molecule has 1 amide bonds. The first-order chi connectivity index (χ1) is 15.1. The Bertz CT molecular complexity index is 1090. The van der Waals surface area contributed by atoms with Crippen molar-refractivity contribution < 1.29 is 14.3 Å². The molecule has 0 spiro atoms. The zero-order valence-corrected chi connectivity index (χ0v) is 18.6. The number of hydrogen-bond acceptors (Lipinski definition) is 7. The van der Waals surface area contributed by atoms with Crippen LogP contribution in [0.4, 0.5) is 5.69 Å². The molecule has 1 atom stereocenters. The lowest BCUT2D eigenvalue weighted by Gasteiger charge is -2.30. The molecule has 1 aromatic heterocycles. The van der Waals surface area contributed by atoms with Gasteiger partial charge in [0, 0.05) is 12.5 Å². The molecular formula is C23H24N4O3S. The Hall–Kier alpha value is -3.13. The first kappa shape index (κ1) is 21.1. The van der Waals surface area contributed by atoms with Crippen LogP contribution in [0.3, 0.4) is 0 Å². The molecule has 7 nitrogen and oxygen atoms in total. The van der Waals surface area contributed by atoms with Crippen molar-refractivity contribution in [1.29, 1.82) is 0 Å². The Labute approximate surface area is 185 Å². The van der Waals surface area contributed by atoms with Crippen molar-refractivity contribution in [3.05, 3.63) is 54.1 Å². The van der Waals surface area contributed by atoms with Gasteiger partial charge in [0.25, 0.3) is 0 Å². The maximum Gasteiger partial charge on any atom is 0.247 e. The number of ether oxygens (including phenoxy) is 2. The fraction of sp³-hybridized carbons (Fsp3) is 0.304. The number of anilines is 1. The van der Waals surface area contributed by atoms with Gasteiger partial charge in [0.05, 0.1) is 17.9 Å². The summed E-state index contributed by atoms with van der Waals surface area (Å²) in [6.45, 7) is 6.17. The van der Waals surface area contributed by atoms with E-state index in [1.165, 1.54) is 18.7 Å². The lowest BCUT2D eigenvalue weighted by atomic mass is 10.1. The van der Waals surface area contributed by atoms with E-state index in [4.69, 9.17) is 9.47 Å². The molecule has 0 saturated carbocycles. The Morgan fingerprint density at radius 1 is 1.13 bits per heavy atom. The van der Waals surface area contributed by atoms with Gasteiger partial charge >= 0.3 is 0 Å². The molecule has 0 aliphatic carbocycles. The average Bonchev–Trinajstić information content (AvgIpc) is 2.92. The minimum Gasteiger partial charge on any atom is -0.493 e. The molecule has 2 aromatic carbocycles. The predicted octanol–water partition coefficient (Wildman–Crippen LogP) is 4.88. The van der Waals surface area contributed by atoms with Crippen LogP contribution in [-0.4, -0.2) is 33.4 Å². The number of hydrogen-bond donors (Lipinski definition) is 0. The van der Waals surface area contributed by atoms with E-state index < -0.39 is 6.23 Å². The number of carbonyl (C=O) groups excluding carboxylic acids is 1. The molecule has 0 bridgehead atoms. The lowest BCUT2D eigenvalue weighted by molar-refractivity contribution is -0.118. The van der Waals surface area contributed by atoms with Crippen LogP contribution in [0.5, 0.6) is 11.6 Å². The second-order valence-corrected chi connectivity index (χ2v) is 8.17. The Kier molecular flexibility index (Phi) is 6.36. The highest BCUT2D eigenvalue weighted by molar-refractivity contribution is 7.99. The third-order valence-electron chi connectivity index (χ3n) is 4.77. The molecule has 0 saturated heterocycles. The highest BCUT2D eigenvalue weighted by Gasteiger charge is 2.35. The molecule has 1 aliphatic rings. The second kappa shape index (κ2) is 9.34. The van der Waals surface area contributed by atoms with Crippen LogP contribution < -0.4 is 14.4 Å². The third kappa shape index (κ3) is 4.20. The zero-order chi connectivity index (χ0) is 21.8. The van der Waals surface area contributed by atoms with Crippen LogP contribution in [0, 0.1) is 0 Å². The number of aromatic nitrogens is 3. The van der Waals surface area contributed by atoms with Crippen molar-refractivity contribution >= 4 is 23.4 Å². The molecule has 0 unspecified atom stereocenters. The lowest BCUT2D eigenvalue weighted by Crippen LogP contribution is -2.36. The highest BCUT2D eigenvalue weighted by Crippen LogP contribution is 2.44. The molecule has 8 heteroatoms. The number of para-hydroxylation sites is 2. The van der Waals surface area contributed by atoms with Crippen molar-refractivity contribution in [2.24, 2.45) is 0 Å². The fourth-order valence-corrected chi connectivity index (χ4v) is 3.98. The van der Waals surface area contributed by atoms with Crippen molar-refractivity contribution in [3.63, 3.8) is 0 Å². The van der Waals surface area contributed by atoms with E-state index in [9.17, 15) is 4.79 Å². The minimum atomic E-state index is -0.760. The number of fused-ring (bicyclic) bond motifs is 3. The smallest absolute Gasteiger partial charge is 0.247 e. The highest BCUT2D eigenvalue weighted by atomic mass is 32.2. The molecule has 0 radical (unpaired) electrons. The number of carbonyl (C=O) groups is 1. The third-order valence-corrected chi connectivity index (χ3v) is 5.49. The average molecular weight is 437 g/mol. The minimum absolute atomic E-state index is 0.160. The summed E-state index contributed by atoms with van der Waals surface area (Å²) in [4.78, 5) is 19.1. The molecule has 1 aliphatic heterocycles. The molecule has 2 heterocycles. The molecule has 0 N–H and O–H groups in total. The molecule has 0 fully saturated rings. The summed E-state index contributed by atoms with van der Waals surface area (Å²) in [6.07, 6.45) is 0.112. The van der Waals surface area contributed by atoms with Crippen LogP contribution >= 0.6 is 11.8 Å². The van der Waals surface area contributed by atoms with E-state index in [2.05, 4.69) is 22.1 Å². The monoisotopic (exact) mass is 436 g/mol. The van der Waals surface area contributed by atoms with E-state index in [1.807, 2.05) is 55.5 Å². The Balaban J connectivity index is 1.92. The first-order valence-electron chi connectivity index (χ1n) is 10.3. The molecule has 3 aromatic rings. The van der Waals surface area contributed by atoms with E-state index in [-0.39, 0.29) is 5.91 Å². The van der Waals surface area contributed by atoms with Gasteiger partial charge in [-0.1, -0.05) is 55.9 Å².